The van der Waals surface area contributed by atoms with Crippen molar-refractivity contribution in [1.29, 1.82) is 0 Å². The van der Waals surface area contributed by atoms with Crippen molar-refractivity contribution in [1.82, 2.24) is 4.90 Å². The number of para-hydroxylation sites is 1. The van der Waals surface area contributed by atoms with Gasteiger partial charge in [0.25, 0.3) is 5.91 Å². The zero-order chi connectivity index (χ0) is 30.6. The number of amides is 3. The number of imide groups is 1. The molecule has 1 N–H and O–H groups in total. The predicted molar refractivity (Wildman–Crippen MR) is 150 cm³/mol. The van der Waals surface area contributed by atoms with Crippen molar-refractivity contribution >= 4 is 29.4 Å². The zero-order valence-electron chi connectivity index (χ0n) is 23.4. The fraction of sp³-hybridized carbons (Fsp3) is 0.333. The lowest BCUT2D eigenvalue weighted by atomic mass is 9.55. The van der Waals surface area contributed by atoms with Gasteiger partial charge in [-0.2, -0.15) is 13.2 Å². The molecular weight excluding hydrogens is 561 g/mol. The van der Waals surface area contributed by atoms with Crippen LogP contribution in [0.3, 0.4) is 0 Å². The maximum Gasteiger partial charge on any atom is 0.418 e. The van der Waals surface area contributed by atoms with E-state index in [-0.39, 0.29) is 24.2 Å². The van der Waals surface area contributed by atoms with Gasteiger partial charge in [0.1, 0.15) is 6.04 Å². The molecule has 0 radical (unpaired) electrons. The van der Waals surface area contributed by atoms with Crippen LogP contribution >= 0.6 is 0 Å². The topological polar surface area (TPSA) is 92.8 Å². The molecule has 0 saturated carbocycles. The standard InChI is InChI=1S/C33H29F3N2O5/c1-17(2)15-24(32(42)43-16-25(39)37-23-14-8-7-13-22(23)33(34,35)36)38-30(40)28-26-18-9-3-4-10-19(18)27(29(28)31(38)41)21-12-6-5-11-20(21)26/h3-14,17,24,26-29H,15-16H2,1-2H3,(H,37,39)/t24-,26?,27?,28-,29-/m1/s1. The van der Waals surface area contributed by atoms with Crippen LogP contribution in [-0.2, 0) is 30.1 Å². The lowest BCUT2D eigenvalue weighted by Gasteiger charge is -2.45. The smallest absolute Gasteiger partial charge is 0.418 e. The Hall–Kier alpha value is -4.47. The molecule has 0 unspecified atom stereocenters. The van der Waals surface area contributed by atoms with Crippen molar-refractivity contribution < 1.29 is 37.1 Å². The summed E-state index contributed by atoms with van der Waals surface area (Å²) in [5, 5.41) is 2.14. The summed E-state index contributed by atoms with van der Waals surface area (Å²) in [5.41, 5.74) is 2.46. The average Bonchev–Trinajstić information content (AvgIpc) is 3.24. The van der Waals surface area contributed by atoms with Crippen molar-refractivity contribution in [2.75, 3.05) is 11.9 Å². The number of halogens is 3. The van der Waals surface area contributed by atoms with Crippen molar-refractivity contribution in [3.8, 4) is 0 Å². The number of ether oxygens (including phenoxy) is 1. The first kappa shape index (κ1) is 28.6. The highest BCUT2D eigenvalue weighted by Gasteiger charge is 2.63. The van der Waals surface area contributed by atoms with E-state index in [0.717, 1.165) is 39.3 Å². The average molecular weight is 591 g/mol. The van der Waals surface area contributed by atoms with E-state index in [9.17, 15) is 32.3 Å². The molecule has 3 amide bonds. The van der Waals surface area contributed by atoms with Gasteiger partial charge in [0.2, 0.25) is 11.8 Å². The van der Waals surface area contributed by atoms with Gasteiger partial charge in [-0.1, -0.05) is 74.5 Å². The van der Waals surface area contributed by atoms with Crippen LogP contribution in [0.15, 0.2) is 72.8 Å². The minimum Gasteiger partial charge on any atom is -0.454 e. The summed E-state index contributed by atoms with van der Waals surface area (Å²) >= 11 is 0. The Labute approximate surface area is 246 Å². The molecule has 1 aliphatic heterocycles. The zero-order valence-corrected chi connectivity index (χ0v) is 23.4. The van der Waals surface area contributed by atoms with Crippen LogP contribution in [-0.4, -0.2) is 41.2 Å². The Morgan fingerprint density at radius 3 is 1.74 bits per heavy atom. The molecule has 4 aliphatic rings. The molecule has 43 heavy (non-hydrogen) atoms. The number of esters is 1. The first-order valence-corrected chi connectivity index (χ1v) is 14.2. The molecule has 3 aromatic carbocycles. The maximum atomic E-state index is 14.1. The van der Waals surface area contributed by atoms with E-state index in [0.29, 0.717) is 0 Å². The van der Waals surface area contributed by atoms with Gasteiger partial charge in [0.15, 0.2) is 6.61 Å². The first-order valence-electron chi connectivity index (χ1n) is 14.2. The number of benzene rings is 3. The van der Waals surface area contributed by atoms with Crippen LogP contribution in [0, 0.1) is 17.8 Å². The van der Waals surface area contributed by atoms with E-state index in [1.165, 1.54) is 12.1 Å². The summed E-state index contributed by atoms with van der Waals surface area (Å²) < 4.78 is 45.3. The number of carbonyl (C=O) groups excluding carboxylic acids is 4. The van der Waals surface area contributed by atoms with Gasteiger partial charge in [-0.15, -0.1) is 0 Å². The van der Waals surface area contributed by atoms with Crippen molar-refractivity contribution in [3.63, 3.8) is 0 Å². The number of likely N-dealkylation sites (tertiary alicyclic amines) is 1. The Kier molecular flexibility index (Phi) is 7.10. The quantitative estimate of drug-likeness (QED) is 0.290. The molecular formula is C33H29F3N2O5. The van der Waals surface area contributed by atoms with E-state index in [1.807, 2.05) is 62.4 Å². The number of nitrogens with one attached hydrogen (secondary N) is 1. The molecule has 0 aromatic heterocycles. The summed E-state index contributed by atoms with van der Waals surface area (Å²) in [4.78, 5) is 55.2. The van der Waals surface area contributed by atoms with Crippen LogP contribution in [0.5, 0.6) is 0 Å². The number of hydrogen-bond acceptors (Lipinski definition) is 5. The minimum atomic E-state index is -4.70. The SMILES string of the molecule is CC(C)C[C@H](C(=O)OCC(=O)Nc1ccccc1C(F)(F)F)N1C(=O)[C@@H]2C3c4ccccc4C(c4ccccc43)[C@H]2C1=O. The fourth-order valence-electron chi connectivity index (χ4n) is 7.02. The van der Waals surface area contributed by atoms with Gasteiger partial charge >= 0.3 is 12.1 Å². The van der Waals surface area contributed by atoms with Gasteiger partial charge < -0.3 is 10.1 Å². The first-order chi connectivity index (χ1) is 20.5. The second kappa shape index (κ2) is 10.7. The van der Waals surface area contributed by atoms with E-state index in [4.69, 9.17) is 4.74 Å². The van der Waals surface area contributed by atoms with Gasteiger partial charge in [-0.25, -0.2) is 4.79 Å². The highest BCUT2D eigenvalue weighted by molar-refractivity contribution is 6.10. The number of alkyl halides is 3. The highest BCUT2D eigenvalue weighted by Crippen LogP contribution is 2.61. The number of carbonyl (C=O) groups is 4. The van der Waals surface area contributed by atoms with Gasteiger partial charge in [0.05, 0.1) is 23.1 Å². The molecule has 7 nitrogen and oxygen atoms in total. The van der Waals surface area contributed by atoms with Crippen LogP contribution in [0.25, 0.3) is 0 Å². The summed E-state index contributed by atoms with van der Waals surface area (Å²) in [5.74, 6) is -5.06. The van der Waals surface area contributed by atoms with Crippen LogP contribution in [0.2, 0.25) is 0 Å². The summed E-state index contributed by atoms with van der Waals surface area (Å²) in [6, 6.07) is 18.7. The molecule has 10 heteroatoms. The van der Waals surface area contributed by atoms with Crippen LogP contribution in [0.4, 0.5) is 18.9 Å². The molecule has 1 heterocycles. The van der Waals surface area contributed by atoms with E-state index >= 15 is 0 Å². The Bertz CT molecular complexity index is 1520. The molecule has 1 saturated heterocycles. The van der Waals surface area contributed by atoms with E-state index in [1.54, 1.807) is 0 Å². The fourth-order valence-corrected chi connectivity index (χ4v) is 7.02. The summed E-state index contributed by atoms with van der Waals surface area (Å²) in [6.07, 6.45) is -4.60. The van der Waals surface area contributed by atoms with Crippen molar-refractivity contribution in [2.45, 2.75) is 44.3 Å². The molecule has 1 fully saturated rings. The maximum absolute atomic E-state index is 14.1. The number of rotatable bonds is 7. The molecule has 3 aromatic rings. The molecule has 2 bridgehead atoms. The lowest BCUT2D eigenvalue weighted by molar-refractivity contribution is -0.160. The third kappa shape index (κ3) is 4.78. The van der Waals surface area contributed by atoms with Crippen LogP contribution in [0.1, 0.15) is 59.9 Å². The van der Waals surface area contributed by atoms with Gasteiger partial charge in [-0.3, -0.25) is 19.3 Å². The Morgan fingerprint density at radius 1 is 0.814 bits per heavy atom. The molecule has 3 atom stereocenters. The van der Waals surface area contributed by atoms with E-state index in [2.05, 4.69) is 5.32 Å². The Morgan fingerprint density at radius 2 is 1.28 bits per heavy atom. The van der Waals surface area contributed by atoms with Gasteiger partial charge in [-0.05, 0) is 46.7 Å². The third-order valence-corrected chi connectivity index (χ3v) is 8.61. The lowest BCUT2D eigenvalue weighted by Crippen LogP contribution is -2.47. The molecule has 3 aliphatic carbocycles. The van der Waals surface area contributed by atoms with Crippen molar-refractivity contribution in [3.05, 3.63) is 101 Å². The predicted octanol–water partition coefficient (Wildman–Crippen LogP) is 5.49. The molecule has 0 spiro atoms. The van der Waals surface area contributed by atoms with Gasteiger partial charge in [0, 0.05) is 11.8 Å². The van der Waals surface area contributed by atoms with Crippen LogP contribution < -0.4 is 5.32 Å². The third-order valence-electron chi connectivity index (χ3n) is 8.61. The summed E-state index contributed by atoms with van der Waals surface area (Å²) in [6.45, 7) is 2.77. The van der Waals surface area contributed by atoms with Crippen molar-refractivity contribution in [2.24, 2.45) is 17.8 Å². The largest absolute Gasteiger partial charge is 0.454 e. The Balaban J connectivity index is 1.25. The molecule has 7 rings (SSSR count). The highest BCUT2D eigenvalue weighted by atomic mass is 19.4. The number of hydrogen-bond donors (Lipinski definition) is 1. The number of nitrogens with zero attached hydrogens (tertiary/aromatic N) is 1. The van der Waals surface area contributed by atoms with E-state index < -0.39 is 65.6 Å². The molecule has 222 valence electrons. The monoisotopic (exact) mass is 590 g/mol. The second-order valence-electron chi connectivity index (χ2n) is 11.7. The summed E-state index contributed by atoms with van der Waals surface area (Å²) in [7, 11) is 0. The number of anilines is 1. The normalized spacial score (nSPS) is 22.6. The second-order valence-corrected chi connectivity index (χ2v) is 11.7. The minimum absolute atomic E-state index is 0.101.